The smallest absolute Gasteiger partial charge is 0.330 e. The lowest BCUT2D eigenvalue weighted by Gasteiger charge is -2.22. The maximum atomic E-state index is 12.7. The summed E-state index contributed by atoms with van der Waals surface area (Å²) >= 11 is 0. The number of hydrogen-bond donors (Lipinski definition) is 1. The lowest BCUT2D eigenvalue weighted by molar-refractivity contribution is -0.160. The van der Waals surface area contributed by atoms with Gasteiger partial charge in [0.25, 0.3) is 19.5 Å². The number of carbonyl (C=O) groups is 3. The molecule has 11 nitrogen and oxygen atoms in total. The van der Waals surface area contributed by atoms with Crippen LogP contribution in [0, 0.1) is 10.8 Å². The van der Waals surface area contributed by atoms with Crippen LogP contribution in [-0.2, 0) is 32.9 Å². The largest absolute Gasteiger partial charge is 0.438 e. The molecule has 2 heterocycles. The summed E-state index contributed by atoms with van der Waals surface area (Å²) in [5.74, 6) is -1.19. The van der Waals surface area contributed by atoms with Gasteiger partial charge in [-0.2, -0.15) is 0 Å². The van der Waals surface area contributed by atoms with Crippen LogP contribution in [0.1, 0.15) is 60.6 Å². The molecule has 2 rings (SSSR count). The van der Waals surface area contributed by atoms with Gasteiger partial charge in [0.2, 0.25) is 5.78 Å². The van der Waals surface area contributed by atoms with E-state index in [2.05, 4.69) is 4.98 Å². The van der Waals surface area contributed by atoms with Crippen LogP contribution in [0.15, 0.2) is 21.9 Å². The van der Waals surface area contributed by atoms with Gasteiger partial charge in [-0.1, -0.05) is 20.8 Å². The van der Waals surface area contributed by atoms with Gasteiger partial charge < -0.3 is 14.0 Å². The second-order valence-corrected chi connectivity index (χ2v) is 11.1. The number of aromatic nitrogens is 2. The first-order valence-electron chi connectivity index (χ1n) is 10.5. The molecule has 0 spiro atoms. The van der Waals surface area contributed by atoms with Crippen LogP contribution >= 0.6 is 8.38 Å². The molecule has 0 aromatic carbocycles. The Kier molecular flexibility index (Phi) is 8.87. The maximum Gasteiger partial charge on any atom is 0.330 e. The number of rotatable bonds is 9. The van der Waals surface area contributed by atoms with E-state index in [-0.39, 0.29) is 6.61 Å². The number of carbonyl (C=O) groups excluding carboxylic acids is 3. The molecular formula is C21H31N2O9P. The Bertz CT molecular complexity index is 987. The normalized spacial score (nSPS) is 19.8. The molecule has 1 aromatic heterocycles. The number of ketones is 1. The zero-order valence-electron chi connectivity index (χ0n) is 19.7. The van der Waals surface area contributed by atoms with Gasteiger partial charge in [-0.25, -0.2) is 4.79 Å². The van der Waals surface area contributed by atoms with Crippen molar-refractivity contribution >= 4 is 25.7 Å². The molecule has 33 heavy (non-hydrogen) atoms. The predicted molar refractivity (Wildman–Crippen MR) is 118 cm³/mol. The monoisotopic (exact) mass is 486 g/mol. The van der Waals surface area contributed by atoms with Crippen molar-refractivity contribution in [2.24, 2.45) is 10.8 Å². The van der Waals surface area contributed by atoms with Gasteiger partial charge in [0, 0.05) is 17.7 Å². The molecule has 3 unspecified atom stereocenters. The maximum absolute atomic E-state index is 12.7. The zero-order valence-corrected chi connectivity index (χ0v) is 20.6. The third kappa shape index (κ3) is 7.67. The van der Waals surface area contributed by atoms with Crippen LogP contribution in [0.2, 0.25) is 0 Å². The minimum Gasteiger partial charge on any atom is -0.438 e. The summed E-state index contributed by atoms with van der Waals surface area (Å²) in [4.78, 5) is 62.5. The summed E-state index contributed by atoms with van der Waals surface area (Å²) in [6.45, 7) is 9.22. The number of hydrogen-bond acceptors (Lipinski definition) is 9. The first kappa shape index (κ1) is 27.0. The molecule has 1 aromatic rings. The fourth-order valence-electron chi connectivity index (χ4n) is 2.72. The van der Waals surface area contributed by atoms with Crippen LogP contribution in [0.3, 0.4) is 0 Å². The summed E-state index contributed by atoms with van der Waals surface area (Å²) in [6.07, 6.45) is 1.27. The molecule has 1 saturated heterocycles. The van der Waals surface area contributed by atoms with Crippen LogP contribution in [-0.4, -0.2) is 46.3 Å². The van der Waals surface area contributed by atoms with Crippen molar-refractivity contribution in [3.8, 4) is 0 Å². The van der Waals surface area contributed by atoms with E-state index < -0.39 is 66.9 Å². The second-order valence-electron chi connectivity index (χ2n) is 9.67. The average molecular weight is 486 g/mol. The van der Waals surface area contributed by atoms with E-state index in [1.807, 2.05) is 0 Å². The SMILES string of the molecule is CC(C)(C)C(=O)OCOP(OCC1CCC(n2ccc(=O)[nH]c2=O)O1)C(=O)C(=O)C(C)(C)C. The van der Waals surface area contributed by atoms with Gasteiger partial charge in [-0.05, 0) is 33.6 Å². The lowest BCUT2D eigenvalue weighted by Crippen LogP contribution is -2.32. The molecule has 1 N–H and O–H groups in total. The fourth-order valence-corrected chi connectivity index (χ4v) is 3.98. The van der Waals surface area contributed by atoms with Crippen molar-refractivity contribution in [3.05, 3.63) is 33.1 Å². The summed E-state index contributed by atoms with van der Waals surface area (Å²) in [6, 6.07) is 1.22. The van der Waals surface area contributed by atoms with E-state index >= 15 is 0 Å². The minimum atomic E-state index is -2.35. The highest BCUT2D eigenvalue weighted by atomic mass is 31.2. The van der Waals surface area contributed by atoms with Crippen molar-refractivity contribution in [2.45, 2.75) is 66.7 Å². The number of H-pyrrole nitrogens is 1. The van der Waals surface area contributed by atoms with Crippen molar-refractivity contribution < 1.29 is 32.9 Å². The van der Waals surface area contributed by atoms with Gasteiger partial charge in [-0.3, -0.25) is 33.3 Å². The minimum absolute atomic E-state index is 0.0727. The fraction of sp³-hybridized carbons (Fsp3) is 0.667. The number of nitrogens with one attached hydrogen (secondary N) is 1. The highest BCUT2D eigenvalue weighted by molar-refractivity contribution is 7.69. The Morgan fingerprint density at radius 1 is 1.09 bits per heavy atom. The Labute approximate surface area is 192 Å². The van der Waals surface area contributed by atoms with Crippen LogP contribution < -0.4 is 11.2 Å². The Morgan fingerprint density at radius 2 is 1.76 bits per heavy atom. The third-order valence-corrected chi connectivity index (χ3v) is 5.90. The van der Waals surface area contributed by atoms with Crippen molar-refractivity contribution in [2.75, 3.05) is 13.4 Å². The molecule has 184 valence electrons. The Hall–Kier alpha value is -2.20. The first-order chi connectivity index (χ1) is 15.2. The lowest BCUT2D eigenvalue weighted by atomic mass is 9.92. The van der Waals surface area contributed by atoms with E-state index in [9.17, 15) is 24.0 Å². The van der Waals surface area contributed by atoms with Gasteiger partial charge in [0.1, 0.15) is 6.23 Å². The van der Waals surface area contributed by atoms with Crippen molar-refractivity contribution in [1.29, 1.82) is 0 Å². The summed E-state index contributed by atoms with van der Waals surface area (Å²) in [5, 5.41) is 0. The standard InChI is InChI=1S/C21H31N2O9P/c1-20(2,3)16(25)17(26)33(31-12-29-18(27)21(4,5)6)30-11-13-7-8-15(32-13)23-10-9-14(24)22-19(23)28/h9-10,13,15H,7-8,11-12H2,1-6H3,(H,22,24,28). The molecular weight excluding hydrogens is 455 g/mol. The number of aromatic amines is 1. The zero-order chi connectivity index (χ0) is 25.0. The van der Waals surface area contributed by atoms with Crippen molar-refractivity contribution in [1.82, 2.24) is 9.55 Å². The van der Waals surface area contributed by atoms with E-state index in [0.717, 1.165) is 0 Å². The molecule has 0 bridgehead atoms. The average Bonchev–Trinajstić information content (AvgIpc) is 3.16. The van der Waals surface area contributed by atoms with Gasteiger partial charge >= 0.3 is 11.7 Å². The summed E-state index contributed by atoms with van der Waals surface area (Å²) in [7, 11) is -2.35. The number of ether oxygens (including phenoxy) is 2. The van der Waals surface area contributed by atoms with Crippen LogP contribution in [0.25, 0.3) is 0 Å². The van der Waals surface area contributed by atoms with Crippen LogP contribution in [0.4, 0.5) is 0 Å². The number of Topliss-reactive ketones (excluding diaryl/α,β-unsaturated/α-hetero) is 1. The highest BCUT2D eigenvalue weighted by Gasteiger charge is 2.37. The summed E-state index contributed by atoms with van der Waals surface area (Å²) < 4.78 is 23.1. The Balaban J connectivity index is 2.01. The molecule has 0 radical (unpaired) electrons. The molecule has 0 aliphatic carbocycles. The van der Waals surface area contributed by atoms with E-state index in [1.165, 1.54) is 16.8 Å². The topological polar surface area (TPSA) is 143 Å². The quantitative estimate of drug-likeness (QED) is 0.241. The molecule has 12 heteroatoms. The van der Waals surface area contributed by atoms with Crippen LogP contribution in [0.5, 0.6) is 0 Å². The van der Waals surface area contributed by atoms with Gasteiger partial charge in [0.15, 0.2) is 6.79 Å². The first-order valence-corrected chi connectivity index (χ1v) is 11.7. The van der Waals surface area contributed by atoms with Gasteiger partial charge in [-0.15, -0.1) is 0 Å². The summed E-state index contributed by atoms with van der Waals surface area (Å²) in [5.41, 5.74) is -3.63. The Morgan fingerprint density at radius 3 is 2.33 bits per heavy atom. The van der Waals surface area contributed by atoms with Crippen molar-refractivity contribution in [3.63, 3.8) is 0 Å². The molecule has 1 aliphatic rings. The predicted octanol–water partition coefficient (Wildman–Crippen LogP) is 2.25. The van der Waals surface area contributed by atoms with Gasteiger partial charge in [0.05, 0.1) is 18.1 Å². The van der Waals surface area contributed by atoms with E-state index in [1.54, 1.807) is 41.5 Å². The molecule has 0 saturated carbocycles. The number of nitrogens with zero attached hydrogens (tertiary/aromatic N) is 1. The molecule has 0 amide bonds. The number of esters is 1. The molecule has 1 fully saturated rings. The third-order valence-electron chi connectivity index (χ3n) is 4.64. The van der Waals surface area contributed by atoms with E-state index in [0.29, 0.717) is 12.8 Å². The highest BCUT2D eigenvalue weighted by Crippen LogP contribution is 2.43. The second kappa shape index (κ2) is 10.8. The molecule has 3 atom stereocenters. The molecule has 1 aliphatic heterocycles. The van der Waals surface area contributed by atoms with E-state index in [4.69, 9.17) is 18.5 Å².